The Bertz CT molecular complexity index is 1010. The molecule has 156 valence electrons. The van der Waals surface area contributed by atoms with Crippen molar-refractivity contribution < 1.29 is 28.2 Å². The van der Waals surface area contributed by atoms with E-state index in [4.69, 9.17) is 14.2 Å². The minimum absolute atomic E-state index is 0.0292. The van der Waals surface area contributed by atoms with Gasteiger partial charge in [-0.1, -0.05) is 48.5 Å². The Balaban J connectivity index is 2.29. The van der Waals surface area contributed by atoms with Crippen molar-refractivity contribution in [3.8, 4) is 0 Å². The van der Waals surface area contributed by atoms with Gasteiger partial charge in [0.15, 0.2) is 6.10 Å². The second kappa shape index (κ2) is 9.88. The average Bonchev–Trinajstić information content (AvgIpc) is 2.75. The number of esters is 2. The van der Waals surface area contributed by atoms with Gasteiger partial charge in [-0.3, -0.25) is 0 Å². The van der Waals surface area contributed by atoms with Crippen molar-refractivity contribution in [3.05, 3.63) is 86.5 Å². The first-order valence-corrected chi connectivity index (χ1v) is 10.5. The Labute approximate surface area is 187 Å². The Kier molecular flexibility index (Phi) is 7.25. The minimum Gasteiger partial charge on any atom is -0.472 e. The molecule has 0 saturated carbocycles. The second-order valence-electron chi connectivity index (χ2n) is 6.25. The molecule has 1 unspecified atom stereocenters. The zero-order valence-electron chi connectivity index (χ0n) is 16.5. The van der Waals surface area contributed by atoms with Crippen LogP contribution in [-0.2, 0) is 23.8 Å². The molecule has 0 aliphatic carbocycles. The highest BCUT2D eigenvalue weighted by molar-refractivity contribution is 14.1. The molecule has 1 aliphatic heterocycles. The summed E-state index contributed by atoms with van der Waals surface area (Å²) < 4.78 is 31.4. The number of ether oxygens (including phenoxy) is 3. The molecule has 1 atom stereocenters. The van der Waals surface area contributed by atoms with E-state index in [0.29, 0.717) is 14.7 Å². The molecule has 2 aromatic carbocycles. The van der Waals surface area contributed by atoms with E-state index in [2.05, 4.69) is 0 Å². The molecule has 0 radical (unpaired) electrons. The molecule has 0 aromatic heterocycles. The van der Waals surface area contributed by atoms with Gasteiger partial charge < -0.3 is 14.2 Å². The number of carbonyl (C=O) groups is 2. The summed E-state index contributed by atoms with van der Waals surface area (Å²) in [5.74, 6) is -2.28. The average molecular weight is 522 g/mol. The lowest BCUT2D eigenvalue weighted by atomic mass is 9.91. The summed E-state index contributed by atoms with van der Waals surface area (Å²) in [6, 6.07) is 15.2. The lowest BCUT2D eigenvalue weighted by molar-refractivity contribution is -0.146. The van der Waals surface area contributed by atoms with E-state index >= 15 is 0 Å². The topological polar surface area (TPSA) is 61.8 Å². The van der Waals surface area contributed by atoms with E-state index in [-0.39, 0.29) is 30.1 Å². The highest BCUT2D eigenvalue weighted by Crippen LogP contribution is 2.47. The zero-order valence-corrected chi connectivity index (χ0v) is 18.6. The van der Waals surface area contributed by atoms with Crippen LogP contribution < -0.4 is 0 Å². The summed E-state index contributed by atoms with van der Waals surface area (Å²) in [6.45, 7) is 3.53. The van der Waals surface area contributed by atoms with Crippen LogP contribution in [0.25, 0.3) is 5.57 Å². The lowest BCUT2D eigenvalue weighted by Crippen LogP contribution is -2.26. The fourth-order valence-electron chi connectivity index (χ4n) is 3.11. The minimum atomic E-state index is -0.917. The number of benzene rings is 2. The van der Waals surface area contributed by atoms with E-state index in [1.165, 1.54) is 6.07 Å². The highest BCUT2D eigenvalue weighted by Gasteiger charge is 2.39. The third-order valence-corrected chi connectivity index (χ3v) is 5.48. The molecule has 0 N–H and O–H groups in total. The summed E-state index contributed by atoms with van der Waals surface area (Å²) in [4.78, 5) is 25.6. The summed E-state index contributed by atoms with van der Waals surface area (Å²) >= 11 is 2.03. The van der Waals surface area contributed by atoms with Crippen LogP contribution in [0.3, 0.4) is 0 Å². The fourth-order valence-corrected chi connectivity index (χ4v) is 4.16. The lowest BCUT2D eigenvalue weighted by Gasteiger charge is -2.30. The fraction of sp³-hybridized carbons (Fsp3) is 0.217. The first-order chi connectivity index (χ1) is 14.5. The summed E-state index contributed by atoms with van der Waals surface area (Å²) in [5.41, 5.74) is 1.35. The normalized spacial score (nSPS) is 16.2. The number of rotatable bonds is 6. The van der Waals surface area contributed by atoms with Gasteiger partial charge in [-0.15, -0.1) is 0 Å². The Hall–Kier alpha value is -2.68. The molecular weight excluding hydrogens is 502 g/mol. The van der Waals surface area contributed by atoms with Crippen molar-refractivity contribution in [1.82, 2.24) is 0 Å². The third-order valence-electron chi connectivity index (χ3n) is 4.37. The van der Waals surface area contributed by atoms with Gasteiger partial charge in [0.1, 0.15) is 11.4 Å². The van der Waals surface area contributed by atoms with Crippen molar-refractivity contribution in [2.45, 2.75) is 20.0 Å². The van der Waals surface area contributed by atoms with Crippen molar-refractivity contribution in [2.24, 2.45) is 0 Å². The van der Waals surface area contributed by atoms with Gasteiger partial charge in [-0.2, -0.15) is 0 Å². The Morgan fingerprint density at radius 2 is 1.57 bits per heavy atom. The molecule has 2 aromatic rings. The molecular formula is C23H20FIO5. The Morgan fingerprint density at radius 1 is 0.967 bits per heavy atom. The molecule has 0 bridgehead atoms. The molecule has 7 heteroatoms. The van der Waals surface area contributed by atoms with Crippen LogP contribution in [-0.4, -0.2) is 25.2 Å². The summed E-state index contributed by atoms with van der Waals surface area (Å²) in [6.07, 6.45) is -0.917. The molecule has 0 saturated heterocycles. The van der Waals surface area contributed by atoms with E-state index in [9.17, 15) is 14.0 Å². The smallest absolute Gasteiger partial charge is 0.374 e. The molecule has 5 nitrogen and oxygen atoms in total. The van der Waals surface area contributed by atoms with Crippen molar-refractivity contribution in [3.63, 3.8) is 0 Å². The molecule has 30 heavy (non-hydrogen) atoms. The van der Waals surface area contributed by atoms with E-state index in [0.717, 1.165) is 0 Å². The maximum Gasteiger partial charge on any atom is 0.374 e. The first-order valence-electron chi connectivity index (χ1n) is 9.44. The molecule has 0 spiro atoms. The Morgan fingerprint density at radius 3 is 2.20 bits per heavy atom. The van der Waals surface area contributed by atoms with Gasteiger partial charge in [0.25, 0.3) is 0 Å². The maximum atomic E-state index is 14.6. The van der Waals surface area contributed by atoms with E-state index in [1.807, 2.05) is 40.8 Å². The molecule has 1 aliphatic rings. The van der Waals surface area contributed by atoms with Crippen molar-refractivity contribution in [1.29, 1.82) is 0 Å². The quantitative estimate of drug-likeness (QED) is 0.389. The van der Waals surface area contributed by atoms with Crippen molar-refractivity contribution >= 4 is 40.1 Å². The van der Waals surface area contributed by atoms with Crippen LogP contribution in [0.2, 0.25) is 0 Å². The summed E-state index contributed by atoms with van der Waals surface area (Å²) in [5, 5.41) is 0. The molecule has 0 fully saturated rings. The number of carbonyl (C=O) groups excluding carboxylic acids is 2. The predicted molar refractivity (Wildman–Crippen MR) is 118 cm³/mol. The van der Waals surface area contributed by atoms with Gasteiger partial charge in [0.05, 0.1) is 13.2 Å². The van der Waals surface area contributed by atoms with Crippen LogP contribution in [0, 0.1) is 5.82 Å². The molecule has 3 rings (SSSR count). The predicted octanol–water partition coefficient (Wildman–Crippen LogP) is 5.12. The number of hydrogen-bond donors (Lipinski definition) is 0. The largest absolute Gasteiger partial charge is 0.472 e. The van der Waals surface area contributed by atoms with Crippen molar-refractivity contribution in [2.75, 3.05) is 13.2 Å². The number of halogens is 2. The molecule has 0 amide bonds. The SMILES string of the molecule is CCOC(=O)C1=C(C(=O)OCC)C(c2ccccc2)=C(I)C(c2ccccc2F)O1. The molecule has 1 heterocycles. The zero-order chi connectivity index (χ0) is 21.7. The monoisotopic (exact) mass is 522 g/mol. The highest BCUT2D eigenvalue weighted by atomic mass is 127. The van der Waals surface area contributed by atoms with E-state index in [1.54, 1.807) is 44.2 Å². The maximum absolute atomic E-state index is 14.6. The van der Waals surface area contributed by atoms with Gasteiger partial charge in [0.2, 0.25) is 5.76 Å². The van der Waals surface area contributed by atoms with Gasteiger partial charge in [-0.25, -0.2) is 14.0 Å². The van der Waals surface area contributed by atoms with Crippen LogP contribution in [0.5, 0.6) is 0 Å². The first kappa shape index (κ1) is 22.0. The van der Waals surface area contributed by atoms with Gasteiger partial charge in [-0.05, 0) is 48.1 Å². The van der Waals surface area contributed by atoms with Gasteiger partial charge in [0, 0.05) is 14.7 Å². The van der Waals surface area contributed by atoms with E-state index < -0.39 is 23.9 Å². The summed E-state index contributed by atoms with van der Waals surface area (Å²) in [7, 11) is 0. The van der Waals surface area contributed by atoms with Gasteiger partial charge >= 0.3 is 11.9 Å². The van der Waals surface area contributed by atoms with Crippen LogP contribution >= 0.6 is 22.6 Å². The van der Waals surface area contributed by atoms with Crippen LogP contribution in [0.4, 0.5) is 4.39 Å². The number of hydrogen-bond acceptors (Lipinski definition) is 5. The second-order valence-corrected chi connectivity index (χ2v) is 7.42. The standard InChI is InChI=1S/C23H20FIO5/c1-3-28-22(26)18-17(14-10-6-5-7-11-14)19(25)20(15-12-8-9-13-16(15)24)30-21(18)23(27)29-4-2/h5-13,20H,3-4H2,1-2H3. The van der Waals surface area contributed by atoms with Crippen LogP contribution in [0.15, 0.2) is 69.5 Å². The van der Waals surface area contributed by atoms with Crippen LogP contribution in [0.1, 0.15) is 31.1 Å². The third kappa shape index (κ3) is 4.40.